The number of anilines is 1. The summed E-state index contributed by atoms with van der Waals surface area (Å²) in [5.41, 5.74) is 1.33. The molecule has 0 unspecified atom stereocenters. The van der Waals surface area contributed by atoms with Gasteiger partial charge in [0.15, 0.2) is 11.7 Å². The van der Waals surface area contributed by atoms with Crippen molar-refractivity contribution in [1.82, 2.24) is 4.98 Å². The Bertz CT molecular complexity index is 1090. The molecule has 9 nitrogen and oxygen atoms in total. The van der Waals surface area contributed by atoms with E-state index in [4.69, 9.17) is 18.6 Å². The van der Waals surface area contributed by atoms with E-state index >= 15 is 0 Å². The number of aryl methyl sites for hydroxylation is 1. The van der Waals surface area contributed by atoms with Gasteiger partial charge in [0.1, 0.15) is 5.75 Å². The average molecular weight is 438 g/mol. The maximum atomic E-state index is 12.4. The van der Waals surface area contributed by atoms with Crippen molar-refractivity contribution < 1.29 is 33.0 Å². The summed E-state index contributed by atoms with van der Waals surface area (Å²) in [5.74, 6) is 0.0964. The highest BCUT2D eigenvalue weighted by Crippen LogP contribution is 2.23. The summed E-state index contributed by atoms with van der Waals surface area (Å²) in [4.78, 5) is 40.3. The minimum Gasteiger partial charge on any atom is -0.497 e. The molecule has 9 heteroatoms. The van der Waals surface area contributed by atoms with Crippen molar-refractivity contribution >= 4 is 23.5 Å². The summed E-state index contributed by atoms with van der Waals surface area (Å²) in [6, 6.07) is 11.5. The number of aromatic nitrogens is 1. The summed E-state index contributed by atoms with van der Waals surface area (Å²) in [5, 5.41) is 2.66. The topological polar surface area (TPSA) is 117 Å². The second-order valence-electron chi connectivity index (χ2n) is 6.68. The number of hydrogen-bond donors (Lipinski definition) is 1. The smallest absolute Gasteiger partial charge is 0.337 e. The van der Waals surface area contributed by atoms with Crippen LogP contribution in [0.3, 0.4) is 0 Å². The number of nitrogens with zero attached hydrogens (tertiary/aromatic N) is 1. The van der Waals surface area contributed by atoms with Gasteiger partial charge in [-0.25, -0.2) is 14.6 Å². The number of rotatable bonds is 8. The zero-order valence-electron chi connectivity index (χ0n) is 17.8. The Morgan fingerprint density at radius 3 is 2.12 bits per heavy atom. The molecular formula is C23H22N2O7. The molecule has 32 heavy (non-hydrogen) atoms. The number of ether oxygens (including phenoxy) is 3. The molecule has 0 atom stereocenters. The molecule has 0 aliphatic rings. The van der Waals surface area contributed by atoms with Crippen molar-refractivity contribution in [2.75, 3.05) is 26.6 Å². The van der Waals surface area contributed by atoms with E-state index in [0.29, 0.717) is 11.7 Å². The molecule has 0 fully saturated rings. The lowest BCUT2D eigenvalue weighted by atomic mass is 10.1. The van der Waals surface area contributed by atoms with Gasteiger partial charge in [-0.3, -0.25) is 4.79 Å². The quantitative estimate of drug-likeness (QED) is 0.531. The third-order valence-electron chi connectivity index (χ3n) is 4.55. The lowest BCUT2D eigenvalue weighted by Crippen LogP contribution is -2.14. The molecule has 3 rings (SSSR count). The van der Waals surface area contributed by atoms with Crippen molar-refractivity contribution in [2.45, 2.75) is 12.8 Å². The van der Waals surface area contributed by atoms with Crippen LogP contribution in [-0.2, 0) is 20.7 Å². The molecular weight excluding hydrogens is 416 g/mol. The Kier molecular flexibility index (Phi) is 7.22. The number of nitrogens with one attached hydrogen (secondary N) is 1. The molecule has 1 aromatic heterocycles. The second kappa shape index (κ2) is 10.3. The first-order chi connectivity index (χ1) is 15.4. The van der Waals surface area contributed by atoms with E-state index in [0.717, 1.165) is 11.3 Å². The van der Waals surface area contributed by atoms with Crippen molar-refractivity contribution in [2.24, 2.45) is 0 Å². The summed E-state index contributed by atoms with van der Waals surface area (Å²) in [6.45, 7) is 0. The Morgan fingerprint density at radius 2 is 1.56 bits per heavy atom. The van der Waals surface area contributed by atoms with Gasteiger partial charge in [-0.2, -0.15) is 0 Å². The molecule has 1 N–H and O–H groups in total. The Labute approximate surface area is 184 Å². The fourth-order valence-electron chi connectivity index (χ4n) is 2.93. The number of methoxy groups -OCH3 is 3. The normalized spacial score (nSPS) is 10.3. The lowest BCUT2D eigenvalue weighted by Gasteiger charge is -2.09. The largest absolute Gasteiger partial charge is 0.497 e. The van der Waals surface area contributed by atoms with E-state index in [-0.39, 0.29) is 35.6 Å². The summed E-state index contributed by atoms with van der Waals surface area (Å²) in [7, 11) is 4.04. The maximum Gasteiger partial charge on any atom is 0.337 e. The van der Waals surface area contributed by atoms with E-state index in [1.165, 1.54) is 32.4 Å². The molecule has 0 aliphatic heterocycles. The summed E-state index contributed by atoms with van der Waals surface area (Å²) < 4.78 is 20.2. The molecule has 0 radical (unpaired) electrons. The zero-order chi connectivity index (χ0) is 23.1. The molecule has 1 amide bonds. The number of benzene rings is 2. The molecule has 0 spiro atoms. The number of oxazole rings is 1. The third kappa shape index (κ3) is 5.51. The molecule has 3 aromatic rings. The van der Waals surface area contributed by atoms with Crippen LogP contribution in [0.4, 0.5) is 5.69 Å². The molecule has 0 saturated heterocycles. The highest BCUT2D eigenvalue weighted by Gasteiger charge is 2.15. The fourth-order valence-corrected chi connectivity index (χ4v) is 2.93. The first-order valence-corrected chi connectivity index (χ1v) is 9.64. The van der Waals surface area contributed by atoms with Crippen LogP contribution in [0.15, 0.2) is 53.1 Å². The standard InChI is InChI=1S/C23H22N2O7/c1-29-18-6-4-14(5-7-18)19-13-24-21(32-19)9-8-20(26)25-17-11-15(22(27)30-2)10-16(12-17)23(28)31-3/h4-7,10-13H,8-9H2,1-3H3,(H,25,26). The Morgan fingerprint density at radius 1 is 0.938 bits per heavy atom. The van der Waals surface area contributed by atoms with Crippen LogP contribution >= 0.6 is 0 Å². The minimum absolute atomic E-state index is 0.0819. The van der Waals surface area contributed by atoms with Gasteiger partial charge in [-0.1, -0.05) is 0 Å². The van der Waals surface area contributed by atoms with Crippen molar-refractivity contribution in [3.05, 3.63) is 65.7 Å². The molecule has 166 valence electrons. The van der Waals surface area contributed by atoms with E-state index in [2.05, 4.69) is 10.3 Å². The van der Waals surface area contributed by atoms with Gasteiger partial charge in [0, 0.05) is 24.1 Å². The Hall–Kier alpha value is -4.14. The SMILES string of the molecule is COC(=O)c1cc(NC(=O)CCc2ncc(-c3ccc(OC)cc3)o2)cc(C(=O)OC)c1. The molecule has 0 bridgehead atoms. The highest BCUT2D eigenvalue weighted by molar-refractivity contribution is 5.99. The number of esters is 2. The molecule has 1 heterocycles. The average Bonchev–Trinajstić information content (AvgIpc) is 3.30. The van der Waals surface area contributed by atoms with Gasteiger partial charge in [0.25, 0.3) is 0 Å². The van der Waals surface area contributed by atoms with Crippen LogP contribution < -0.4 is 10.1 Å². The monoisotopic (exact) mass is 438 g/mol. The van der Waals surface area contributed by atoms with Gasteiger partial charge < -0.3 is 23.9 Å². The van der Waals surface area contributed by atoms with Gasteiger partial charge in [0.2, 0.25) is 5.91 Å². The highest BCUT2D eigenvalue weighted by atomic mass is 16.5. The van der Waals surface area contributed by atoms with Crippen molar-refractivity contribution in [1.29, 1.82) is 0 Å². The number of hydrogen-bond acceptors (Lipinski definition) is 8. The van der Waals surface area contributed by atoms with Gasteiger partial charge in [-0.05, 0) is 42.5 Å². The van der Waals surface area contributed by atoms with Gasteiger partial charge in [0.05, 0.1) is 38.7 Å². The number of carbonyl (C=O) groups excluding carboxylic acids is 3. The van der Waals surface area contributed by atoms with E-state index in [1.54, 1.807) is 13.3 Å². The van der Waals surface area contributed by atoms with Crippen LogP contribution in [0.1, 0.15) is 33.0 Å². The van der Waals surface area contributed by atoms with Crippen molar-refractivity contribution in [3.8, 4) is 17.1 Å². The van der Waals surface area contributed by atoms with E-state index < -0.39 is 11.9 Å². The fraction of sp³-hybridized carbons (Fsp3) is 0.217. The zero-order valence-corrected chi connectivity index (χ0v) is 17.8. The van der Waals surface area contributed by atoms with Crippen LogP contribution in [0.5, 0.6) is 5.75 Å². The third-order valence-corrected chi connectivity index (χ3v) is 4.55. The molecule has 2 aromatic carbocycles. The summed E-state index contributed by atoms with van der Waals surface area (Å²) in [6.07, 6.45) is 1.94. The summed E-state index contributed by atoms with van der Waals surface area (Å²) >= 11 is 0. The van der Waals surface area contributed by atoms with Crippen molar-refractivity contribution in [3.63, 3.8) is 0 Å². The number of amides is 1. The second-order valence-corrected chi connectivity index (χ2v) is 6.68. The van der Waals surface area contributed by atoms with Crippen LogP contribution in [-0.4, -0.2) is 44.2 Å². The lowest BCUT2D eigenvalue weighted by molar-refractivity contribution is -0.116. The molecule has 0 saturated carbocycles. The predicted molar refractivity (Wildman–Crippen MR) is 115 cm³/mol. The number of carbonyl (C=O) groups is 3. The van der Waals surface area contributed by atoms with Crippen LogP contribution in [0.2, 0.25) is 0 Å². The van der Waals surface area contributed by atoms with Gasteiger partial charge in [-0.15, -0.1) is 0 Å². The minimum atomic E-state index is -0.642. The first-order valence-electron chi connectivity index (χ1n) is 9.64. The predicted octanol–water partition coefficient (Wildman–Crippen LogP) is 3.49. The van der Waals surface area contributed by atoms with Crippen LogP contribution in [0.25, 0.3) is 11.3 Å². The first kappa shape index (κ1) is 22.5. The van der Waals surface area contributed by atoms with Gasteiger partial charge >= 0.3 is 11.9 Å². The van der Waals surface area contributed by atoms with Crippen LogP contribution in [0, 0.1) is 0 Å². The van der Waals surface area contributed by atoms with E-state index in [9.17, 15) is 14.4 Å². The van der Waals surface area contributed by atoms with E-state index in [1.807, 2.05) is 24.3 Å². The molecule has 0 aliphatic carbocycles. The maximum absolute atomic E-state index is 12.4. The Balaban J connectivity index is 1.65.